The predicted molar refractivity (Wildman–Crippen MR) is 62.9 cm³/mol. The molecule has 0 saturated heterocycles. The van der Waals surface area contributed by atoms with Gasteiger partial charge in [-0.2, -0.15) is 0 Å². The molecule has 1 heterocycles. The first-order valence-corrected chi connectivity index (χ1v) is 6.39. The number of fused-ring (bicyclic) bond motifs is 1. The standard InChI is InChI=1S/C10H9ClN2O2S/c1-6-4-9(11)8-5-13-3-2-7(8)10(6)16(12,14)15/h2-5H,1H3,(H2,12,14,15). The molecule has 16 heavy (non-hydrogen) atoms. The molecule has 1 aromatic carbocycles. The number of hydrogen-bond acceptors (Lipinski definition) is 3. The van der Waals surface area contributed by atoms with Crippen molar-refractivity contribution < 1.29 is 8.42 Å². The Morgan fingerprint density at radius 2 is 2.06 bits per heavy atom. The van der Waals surface area contributed by atoms with Crippen LogP contribution in [0.2, 0.25) is 5.02 Å². The highest BCUT2D eigenvalue weighted by atomic mass is 35.5. The van der Waals surface area contributed by atoms with Crippen LogP contribution in [-0.2, 0) is 10.0 Å². The Morgan fingerprint density at radius 3 is 2.69 bits per heavy atom. The van der Waals surface area contributed by atoms with Crippen molar-refractivity contribution in [2.24, 2.45) is 5.14 Å². The minimum atomic E-state index is -3.76. The minimum Gasteiger partial charge on any atom is -0.264 e. The second kappa shape index (κ2) is 3.69. The first-order valence-electron chi connectivity index (χ1n) is 4.47. The van der Waals surface area contributed by atoms with Crippen molar-refractivity contribution in [3.63, 3.8) is 0 Å². The summed E-state index contributed by atoms with van der Waals surface area (Å²) in [4.78, 5) is 4.01. The van der Waals surface area contributed by atoms with Crippen LogP contribution < -0.4 is 5.14 Å². The average molecular weight is 257 g/mol. The molecule has 84 valence electrons. The number of primary sulfonamides is 1. The van der Waals surface area contributed by atoms with Gasteiger partial charge in [0.25, 0.3) is 0 Å². The smallest absolute Gasteiger partial charge is 0.238 e. The number of nitrogens with two attached hydrogens (primary N) is 1. The zero-order valence-corrected chi connectivity index (χ0v) is 10.0. The van der Waals surface area contributed by atoms with Crippen molar-refractivity contribution >= 4 is 32.4 Å². The van der Waals surface area contributed by atoms with Gasteiger partial charge in [0.1, 0.15) is 0 Å². The van der Waals surface area contributed by atoms with E-state index in [1.54, 1.807) is 19.1 Å². The first kappa shape index (κ1) is 11.3. The van der Waals surface area contributed by atoms with Gasteiger partial charge in [0, 0.05) is 23.2 Å². The molecule has 0 fully saturated rings. The largest absolute Gasteiger partial charge is 0.264 e. The van der Waals surface area contributed by atoms with Crippen LogP contribution in [0.5, 0.6) is 0 Å². The molecule has 0 amide bonds. The van der Waals surface area contributed by atoms with Gasteiger partial charge in [0.15, 0.2) is 0 Å². The van der Waals surface area contributed by atoms with E-state index in [1.807, 2.05) is 0 Å². The van der Waals surface area contributed by atoms with E-state index in [2.05, 4.69) is 4.98 Å². The summed E-state index contributed by atoms with van der Waals surface area (Å²) in [5, 5.41) is 6.73. The second-order valence-corrected chi connectivity index (χ2v) is 5.38. The van der Waals surface area contributed by atoms with E-state index < -0.39 is 10.0 Å². The molecule has 2 rings (SSSR count). The van der Waals surface area contributed by atoms with E-state index in [0.29, 0.717) is 21.4 Å². The van der Waals surface area contributed by atoms with Gasteiger partial charge in [-0.05, 0) is 24.6 Å². The van der Waals surface area contributed by atoms with Gasteiger partial charge >= 0.3 is 0 Å². The van der Waals surface area contributed by atoms with E-state index >= 15 is 0 Å². The summed E-state index contributed by atoms with van der Waals surface area (Å²) in [5.41, 5.74) is 0.534. The number of rotatable bonds is 1. The molecule has 0 aliphatic rings. The molecule has 0 aliphatic carbocycles. The van der Waals surface area contributed by atoms with Crippen LogP contribution in [0.15, 0.2) is 29.4 Å². The molecule has 2 aromatic rings. The summed E-state index contributed by atoms with van der Waals surface area (Å²) in [5.74, 6) is 0. The summed E-state index contributed by atoms with van der Waals surface area (Å²) in [6, 6.07) is 3.17. The third-order valence-corrected chi connectivity index (χ3v) is 3.73. The van der Waals surface area contributed by atoms with Gasteiger partial charge in [-0.3, -0.25) is 4.98 Å². The first-order chi connectivity index (χ1) is 7.41. The highest BCUT2D eigenvalue weighted by Gasteiger charge is 2.17. The highest BCUT2D eigenvalue weighted by Crippen LogP contribution is 2.30. The molecule has 0 unspecified atom stereocenters. The average Bonchev–Trinajstić information content (AvgIpc) is 2.15. The molecule has 0 saturated carbocycles. The Bertz CT molecular complexity index is 668. The number of sulfonamides is 1. The molecule has 0 radical (unpaired) electrons. The van der Waals surface area contributed by atoms with E-state index in [0.717, 1.165) is 0 Å². The quantitative estimate of drug-likeness (QED) is 0.846. The number of aromatic nitrogens is 1. The topological polar surface area (TPSA) is 73.0 Å². The molecular formula is C10H9ClN2O2S. The number of hydrogen-bond donors (Lipinski definition) is 1. The number of aryl methyl sites for hydroxylation is 1. The highest BCUT2D eigenvalue weighted by molar-refractivity contribution is 7.89. The van der Waals surface area contributed by atoms with Gasteiger partial charge in [-0.15, -0.1) is 0 Å². The lowest BCUT2D eigenvalue weighted by Gasteiger charge is -2.09. The van der Waals surface area contributed by atoms with Gasteiger partial charge in [-0.25, -0.2) is 13.6 Å². The summed E-state index contributed by atoms with van der Waals surface area (Å²) < 4.78 is 23.0. The SMILES string of the molecule is Cc1cc(Cl)c2cnccc2c1S(N)(=O)=O. The third-order valence-electron chi connectivity index (χ3n) is 2.31. The fraction of sp³-hybridized carbons (Fsp3) is 0.100. The maximum Gasteiger partial charge on any atom is 0.238 e. The molecule has 0 spiro atoms. The zero-order valence-electron chi connectivity index (χ0n) is 8.44. The maximum atomic E-state index is 11.5. The van der Waals surface area contributed by atoms with E-state index in [-0.39, 0.29) is 4.90 Å². The maximum absolute atomic E-state index is 11.5. The van der Waals surface area contributed by atoms with Gasteiger partial charge < -0.3 is 0 Å². The van der Waals surface area contributed by atoms with Crippen LogP contribution in [0.25, 0.3) is 10.8 Å². The van der Waals surface area contributed by atoms with E-state index in [4.69, 9.17) is 16.7 Å². The van der Waals surface area contributed by atoms with Crippen LogP contribution >= 0.6 is 11.6 Å². The van der Waals surface area contributed by atoms with Crippen molar-refractivity contribution in [2.75, 3.05) is 0 Å². The summed E-state index contributed by atoms with van der Waals surface area (Å²) >= 11 is 6.01. The van der Waals surface area contributed by atoms with E-state index in [9.17, 15) is 8.42 Å². The number of benzene rings is 1. The molecule has 0 bridgehead atoms. The lowest BCUT2D eigenvalue weighted by molar-refractivity contribution is 0.598. The van der Waals surface area contributed by atoms with Crippen molar-refractivity contribution in [3.8, 4) is 0 Å². The van der Waals surface area contributed by atoms with Crippen LogP contribution in [0.4, 0.5) is 0 Å². The Kier molecular flexibility index (Phi) is 2.61. The number of halogens is 1. The van der Waals surface area contributed by atoms with Crippen molar-refractivity contribution in [1.29, 1.82) is 0 Å². The molecule has 0 atom stereocenters. The Hall–Kier alpha value is -1.17. The van der Waals surface area contributed by atoms with Crippen LogP contribution in [0.1, 0.15) is 5.56 Å². The summed E-state index contributed by atoms with van der Waals surface area (Å²) in [6.07, 6.45) is 3.03. The van der Waals surface area contributed by atoms with Crippen molar-refractivity contribution in [1.82, 2.24) is 4.98 Å². The Labute approximate surface area is 98.1 Å². The van der Waals surface area contributed by atoms with Crippen molar-refractivity contribution in [3.05, 3.63) is 35.1 Å². The second-order valence-electron chi connectivity index (χ2n) is 3.47. The van der Waals surface area contributed by atoms with Gasteiger partial charge in [-0.1, -0.05) is 11.6 Å². The lowest BCUT2D eigenvalue weighted by atomic mass is 10.1. The number of nitrogens with zero attached hydrogens (tertiary/aromatic N) is 1. The molecule has 6 heteroatoms. The molecule has 2 N–H and O–H groups in total. The van der Waals surface area contributed by atoms with Crippen LogP contribution in [-0.4, -0.2) is 13.4 Å². The third kappa shape index (κ3) is 1.77. The fourth-order valence-electron chi connectivity index (χ4n) is 1.71. The van der Waals surface area contributed by atoms with Crippen LogP contribution in [0, 0.1) is 6.92 Å². The number of pyridine rings is 1. The Balaban J connectivity index is 3.05. The molecule has 0 aliphatic heterocycles. The minimum absolute atomic E-state index is 0.106. The molecular weight excluding hydrogens is 248 g/mol. The summed E-state index contributed by atoms with van der Waals surface area (Å²) in [7, 11) is -3.76. The Morgan fingerprint density at radius 1 is 1.38 bits per heavy atom. The fourth-order valence-corrected chi connectivity index (χ4v) is 3.01. The predicted octanol–water partition coefficient (Wildman–Crippen LogP) is 1.84. The zero-order chi connectivity index (χ0) is 11.9. The van der Waals surface area contributed by atoms with Crippen LogP contribution in [0.3, 0.4) is 0 Å². The molecule has 4 nitrogen and oxygen atoms in total. The van der Waals surface area contributed by atoms with E-state index in [1.165, 1.54) is 12.4 Å². The van der Waals surface area contributed by atoms with Gasteiger partial charge in [0.05, 0.1) is 9.92 Å². The summed E-state index contributed by atoms with van der Waals surface area (Å²) in [6.45, 7) is 1.66. The van der Waals surface area contributed by atoms with Gasteiger partial charge in [0.2, 0.25) is 10.0 Å². The van der Waals surface area contributed by atoms with Crippen molar-refractivity contribution in [2.45, 2.75) is 11.8 Å². The lowest BCUT2D eigenvalue weighted by Crippen LogP contribution is -2.14. The monoisotopic (exact) mass is 256 g/mol. The molecule has 1 aromatic heterocycles. The normalized spacial score (nSPS) is 11.9.